The molecule has 0 heterocycles. The molecule has 0 aliphatic carbocycles. The Kier molecular flexibility index (Phi) is 5.84. The van der Waals surface area contributed by atoms with Gasteiger partial charge >= 0.3 is 0 Å². The zero-order valence-electron chi connectivity index (χ0n) is 10.6. The summed E-state index contributed by atoms with van der Waals surface area (Å²) in [5.41, 5.74) is -0.500. The van der Waals surface area contributed by atoms with Crippen molar-refractivity contribution in [3.63, 3.8) is 0 Å². The van der Waals surface area contributed by atoms with Crippen molar-refractivity contribution in [3.8, 4) is 0 Å². The highest BCUT2D eigenvalue weighted by atomic mass is 32.2. The van der Waals surface area contributed by atoms with Gasteiger partial charge in [0.15, 0.2) is 0 Å². The standard InChI is InChI=1S/C12H17F2NO3S/c1-2-4-9(16)7-15-19(17,18)8-10-11(13)5-3-6-12(10)14/h3,5-6,9,15-16H,2,4,7-8H2,1H3. The molecule has 1 unspecified atom stereocenters. The molecule has 0 bridgehead atoms. The van der Waals surface area contributed by atoms with Crippen LogP contribution in [-0.4, -0.2) is 26.2 Å². The third kappa shape index (κ3) is 5.22. The van der Waals surface area contributed by atoms with E-state index in [2.05, 4.69) is 4.72 Å². The Balaban J connectivity index is 2.70. The van der Waals surface area contributed by atoms with Crippen LogP contribution in [0.1, 0.15) is 25.3 Å². The van der Waals surface area contributed by atoms with E-state index < -0.39 is 39.1 Å². The molecule has 0 fully saturated rings. The Labute approximate surface area is 111 Å². The molecule has 0 aliphatic rings. The molecule has 1 rings (SSSR count). The van der Waals surface area contributed by atoms with Crippen LogP contribution in [0.5, 0.6) is 0 Å². The van der Waals surface area contributed by atoms with Crippen molar-refractivity contribution < 1.29 is 22.3 Å². The van der Waals surface area contributed by atoms with Crippen molar-refractivity contribution in [1.82, 2.24) is 4.72 Å². The van der Waals surface area contributed by atoms with Crippen LogP contribution in [0, 0.1) is 11.6 Å². The Hall–Kier alpha value is -1.05. The Bertz CT molecular complexity index is 499. The zero-order chi connectivity index (χ0) is 14.5. The van der Waals surface area contributed by atoms with E-state index in [0.29, 0.717) is 12.8 Å². The highest BCUT2D eigenvalue weighted by Gasteiger charge is 2.18. The van der Waals surface area contributed by atoms with Crippen LogP contribution in [0.25, 0.3) is 0 Å². The second-order valence-corrected chi connectivity index (χ2v) is 6.06. The largest absolute Gasteiger partial charge is 0.392 e. The molecule has 1 atom stereocenters. The second-order valence-electron chi connectivity index (χ2n) is 4.25. The van der Waals surface area contributed by atoms with Crippen molar-refractivity contribution in [1.29, 1.82) is 0 Å². The normalized spacial score (nSPS) is 13.5. The van der Waals surface area contributed by atoms with Gasteiger partial charge in [-0.3, -0.25) is 0 Å². The first-order chi connectivity index (χ1) is 8.85. The molecule has 2 N–H and O–H groups in total. The first-order valence-corrected chi connectivity index (χ1v) is 7.59. The van der Waals surface area contributed by atoms with Gasteiger partial charge in [-0.1, -0.05) is 19.4 Å². The fraction of sp³-hybridized carbons (Fsp3) is 0.500. The average molecular weight is 293 g/mol. The van der Waals surface area contributed by atoms with Crippen LogP contribution < -0.4 is 4.72 Å². The monoisotopic (exact) mass is 293 g/mol. The molecule has 0 saturated heterocycles. The zero-order valence-corrected chi connectivity index (χ0v) is 11.4. The topological polar surface area (TPSA) is 66.4 Å². The molecule has 4 nitrogen and oxygen atoms in total. The molecule has 0 radical (unpaired) electrons. The Morgan fingerprint density at radius 2 is 1.89 bits per heavy atom. The molecule has 0 amide bonds. The van der Waals surface area contributed by atoms with E-state index in [4.69, 9.17) is 0 Å². The Morgan fingerprint density at radius 3 is 2.42 bits per heavy atom. The first kappa shape index (κ1) is 16.0. The van der Waals surface area contributed by atoms with Gasteiger partial charge in [-0.25, -0.2) is 21.9 Å². The van der Waals surface area contributed by atoms with Gasteiger partial charge < -0.3 is 5.11 Å². The van der Waals surface area contributed by atoms with Crippen molar-refractivity contribution in [2.45, 2.75) is 31.6 Å². The minimum atomic E-state index is -3.88. The summed E-state index contributed by atoms with van der Waals surface area (Å²) >= 11 is 0. The number of hydrogen-bond donors (Lipinski definition) is 2. The summed E-state index contributed by atoms with van der Waals surface area (Å²) in [6.07, 6.45) is 0.367. The summed E-state index contributed by atoms with van der Waals surface area (Å²) in [5, 5.41) is 9.41. The van der Waals surface area contributed by atoms with Crippen molar-refractivity contribution >= 4 is 10.0 Å². The minimum absolute atomic E-state index is 0.160. The predicted molar refractivity (Wildman–Crippen MR) is 67.9 cm³/mol. The quantitative estimate of drug-likeness (QED) is 0.801. The molecule has 1 aromatic rings. The average Bonchev–Trinajstić information content (AvgIpc) is 2.32. The summed E-state index contributed by atoms with van der Waals surface area (Å²) in [7, 11) is -3.88. The van der Waals surface area contributed by atoms with Crippen molar-refractivity contribution in [3.05, 3.63) is 35.4 Å². The second kappa shape index (κ2) is 6.93. The number of halogens is 2. The summed E-state index contributed by atoms with van der Waals surface area (Å²) in [4.78, 5) is 0. The third-order valence-corrected chi connectivity index (χ3v) is 3.83. The fourth-order valence-corrected chi connectivity index (χ4v) is 2.77. The molecule has 108 valence electrons. The van der Waals surface area contributed by atoms with Gasteiger partial charge in [0.25, 0.3) is 0 Å². The highest BCUT2D eigenvalue weighted by Crippen LogP contribution is 2.14. The van der Waals surface area contributed by atoms with Crippen LogP contribution in [0.4, 0.5) is 8.78 Å². The van der Waals surface area contributed by atoms with Crippen LogP contribution >= 0.6 is 0 Å². The lowest BCUT2D eigenvalue weighted by Crippen LogP contribution is -2.33. The van der Waals surface area contributed by atoms with Gasteiger partial charge in [-0.15, -0.1) is 0 Å². The van der Waals surface area contributed by atoms with E-state index >= 15 is 0 Å². The van der Waals surface area contributed by atoms with Crippen LogP contribution in [-0.2, 0) is 15.8 Å². The van der Waals surface area contributed by atoms with Crippen LogP contribution in [0.3, 0.4) is 0 Å². The van der Waals surface area contributed by atoms with Crippen molar-refractivity contribution in [2.24, 2.45) is 0 Å². The van der Waals surface area contributed by atoms with Gasteiger partial charge in [-0.05, 0) is 18.6 Å². The number of rotatable bonds is 7. The number of hydrogen-bond acceptors (Lipinski definition) is 3. The highest BCUT2D eigenvalue weighted by molar-refractivity contribution is 7.88. The number of aliphatic hydroxyl groups excluding tert-OH is 1. The summed E-state index contributed by atoms with van der Waals surface area (Å²) in [6, 6.07) is 3.17. The molecule has 0 spiro atoms. The lowest BCUT2D eigenvalue weighted by atomic mass is 10.2. The maximum Gasteiger partial charge on any atom is 0.216 e. The molecule has 7 heteroatoms. The maximum absolute atomic E-state index is 13.3. The fourth-order valence-electron chi connectivity index (χ4n) is 1.57. The van der Waals surface area contributed by atoms with Gasteiger partial charge in [0, 0.05) is 12.1 Å². The van der Waals surface area contributed by atoms with Crippen LogP contribution in [0.2, 0.25) is 0 Å². The molecule has 0 aliphatic heterocycles. The smallest absolute Gasteiger partial charge is 0.216 e. The van der Waals surface area contributed by atoms with Gasteiger partial charge in [-0.2, -0.15) is 0 Å². The van der Waals surface area contributed by atoms with Crippen LogP contribution in [0.15, 0.2) is 18.2 Å². The summed E-state index contributed by atoms with van der Waals surface area (Å²) in [5.74, 6) is -2.59. The van der Waals surface area contributed by atoms with E-state index in [1.807, 2.05) is 6.92 Å². The van der Waals surface area contributed by atoms with Gasteiger partial charge in [0.1, 0.15) is 11.6 Å². The lowest BCUT2D eigenvalue weighted by molar-refractivity contribution is 0.167. The lowest BCUT2D eigenvalue weighted by Gasteiger charge is -2.12. The van der Waals surface area contributed by atoms with E-state index in [1.165, 1.54) is 6.07 Å². The molecule has 0 saturated carbocycles. The molecule has 0 aromatic heterocycles. The van der Waals surface area contributed by atoms with Gasteiger partial charge in [0.05, 0.1) is 11.9 Å². The summed E-state index contributed by atoms with van der Waals surface area (Å²) < 4.78 is 52.1. The number of aliphatic hydroxyl groups is 1. The number of benzene rings is 1. The number of nitrogens with one attached hydrogen (secondary N) is 1. The molecule has 1 aromatic carbocycles. The van der Waals surface area contributed by atoms with Crippen molar-refractivity contribution in [2.75, 3.05) is 6.54 Å². The van der Waals surface area contributed by atoms with E-state index in [0.717, 1.165) is 12.1 Å². The first-order valence-electron chi connectivity index (χ1n) is 5.94. The molecular weight excluding hydrogens is 276 g/mol. The van der Waals surface area contributed by atoms with E-state index in [1.54, 1.807) is 0 Å². The summed E-state index contributed by atoms with van der Waals surface area (Å²) in [6.45, 7) is 1.69. The van der Waals surface area contributed by atoms with Gasteiger partial charge in [0.2, 0.25) is 10.0 Å². The van der Waals surface area contributed by atoms with E-state index in [-0.39, 0.29) is 6.54 Å². The predicted octanol–water partition coefficient (Wildman–Crippen LogP) is 1.55. The maximum atomic E-state index is 13.3. The third-order valence-electron chi connectivity index (χ3n) is 2.56. The molecular formula is C12H17F2NO3S. The minimum Gasteiger partial charge on any atom is -0.392 e. The van der Waals surface area contributed by atoms with E-state index in [9.17, 15) is 22.3 Å². The Morgan fingerprint density at radius 1 is 1.32 bits per heavy atom. The SMILES string of the molecule is CCCC(O)CNS(=O)(=O)Cc1c(F)cccc1F. The number of sulfonamides is 1. The molecule has 19 heavy (non-hydrogen) atoms.